The van der Waals surface area contributed by atoms with E-state index in [4.69, 9.17) is 18.9 Å². The van der Waals surface area contributed by atoms with Crippen molar-refractivity contribution in [3.05, 3.63) is 0 Å². The maximum atomic E-state index is 12.8. The minimum atomic E-state index is -1.61. The zero-order valence-electron chi connectivity index (χ0n) is 41.1. The van der Waals surface area contributed by atoms with Gasteiger partial charge in [0.2, 0.25) is 0 Å². The van der Waals surface area contributed by atoms with Crippen LogP contribution < -0.4 is 5.11 Å². The molecule has 61 heavy (non-hydrogen) atoms. The number of carbonyl (C=O) groups excluding carboxylic acids is 3. The predicted octanol–water partition coefficient (Wildman–Crippen LogP) is 13.1. The van der Waals surface area contributed by atoms with Crippen molar-refractivity contribution >= 4 is 17.9 Å². The second-order valence-electron chi connectivity index (χ2n) is 19.2. The first-order chi connectivity index (χ1) is 29.6. The van der Waals surface area contributed by atoms with Crippen LogP contribution in [0.5, 0.6) is 0 Å². The highest BCUT2D eigenvalue weighted by Gasteiger charge is 2.22. The van der Waals surface area contributed by atoms with Crippen molar-refractivity contribution in [2.45, 2.75) is 270 Å². The molecule has 0 bridgehead atoms. The third kappa shape index (κ3) is 46.1. The van der Waals surface area contributed by atoms with Gasteiger partial charge in [-0.15, -0.1) is 0 Å². The van der Waals surface area contributed by atoms with Gasteiger partial charge in [0, 0.05) is 12.8 Å². The summed E-state index contributed by atoms with van der Waals surface area (Å²) in [5.74, 6) is -2.26. The molecule has 2 unspecified atom stereocenters. The fourth-order valence-corrected chi connectivity index (χ4v) is 7.77. The van der Waals surface area contributed by atoms with E-state index in [0.717, 1.165) is 38.5 Å². The molecule has 9 nitrogen and oxygen atoms in total. The van der Waals surface area contributed by atoms with Crippen LogP contribution in [0.1, 0.15) is 258 Å². The first-order valence-corrected chi connectivity index (χ1v) is 26.2. The summed E-state index contributed by atoms with van der Waals surface area (Å²) in [6.07, 6.45) is 44.2. The van der Waals surface area contributed by atoms with Gasteiger partial charge in [-0.3, -0.25) is 9.59 Å². The number of carbonyl (C=O) groups is 3. The summed E-state index contributed by atoms with van der Waals surface area (Å²) < 4.78 is 22.7. The van der Waals surface area contributed by atoms with Crippen molar-refractivity contribution < 1.29 is 42.9 Å². The quantitative estimate of drug-likeness (QED) is 0.0257. The molecule has 0 aliphatic carbocycles. The summed E-state index contributed by atoms with van der Waals surface area (Å²) in [7, 11) is 5.93. The summed E-state index contributed by atoms with van der Waals surface area (Å²) in [5.41, 5.74) is 0. The number of esters is 2. The molecule has 0 fully saturated rings. The molecule has 0 radical (unpaired) electrons. The average molecular weight is 868 g/mol. The highest BCUT2D eigenvalue weighted by atomic mass is 16.7. The van der Waals surface area contributed by atoms with Gasteiger partial charge < -0.3 is 33.3 Å². The molecule has 0 heterocycles. The van der Waals surface area contributed by atoms with Crippen molar-refractivity contribution in [1.29, 1.82) is 0 Å². The van der Waals surface area contributed by atoms with Gasteiger partial charge >= 0.3 is 11.9 Å². The number of aliphatic carboxylic acids is 1. The second-order valence-corrected chi connectivity index (χ2v) is 19.2. The van der Waals surface area contributed by atoms with Gasteiger partial charge in [-0.1, -0.05) is 232 Å². The third-order valence-corrected chi connectivity index (χ3v) is 11.9. The summed E-state index contributed by atoms with van der Waals surface area (Å²) in [6, 6.07) is 0. The number of unbranched alkanes of at least 4 members (excludes halogenated alkanes) is 34. The molecule has 0 N–H and O–H groups in total. The Hall–Kier alpha value is -1.71. The van der Waals surface area contributed by atoms with Crippen molar-refractivity contribution in [1.82, 2.24) is 0 Å². The molecule has 9 heteroatoms. The second kappa shape index (κ2) is 44.9. The Morgan fingerprint density at radius 3 is 1.05 bits per heavy atom. The lowest BCUT2D eigenvalue weighted by Gasteiger charge is -2.26. The van der Waals surface area contributed by atoms with Crippen LogP contribution in [0.25, 0.3) is 0 Å². The summed E-state index contributed by atoms with van der Waals surface area (Å²) in [5, 5.41) is 11.7. The molecule has 2 atom stereocenters. The van der Waals surface area contributed by atoms with Crippen LogP contribution in [0, 0.1) is 0 Å². The van der Waals surface area contributed by atoms with Crippen molar-refractivity contribution in [2.75, 3.05) is 47.5 Å². The molecule has 0 aliphatic heterocycles. The number of hydrogen-bond donors (Lipinski definition) is 0. The molecule has 0 spiro atoms. The normalized spacial score (nSPS) is 12.7. The highest BCUT2D eigenvalue weighted by Crippen LogP contribution is 2.17. The maximum absolute atomic E-state index is 12.8. The number of ether oxygens (including phenoxy) is 4. The van der Waals surface area contributed by atoms with Crippen LogP contribution in [0.15, 0.2) is 0 Å². The Kier molecular flexibility index (Phi) is 43.6. The molecule has 0 aromatic carbocycles. The Bertz CT molecular complexity index is 970. The minimum Gasteiger partial charge on any atom is -0.545 e. The fraction of sp³-hybridized carbons (Fsp3) is 0.942. The lowest BCUT2D eigenvalue weighted by Crippen LogP contribution is -2.44. The topological polar surface area (TPSA) is 111 Å². The molecular formula is C52H101NO8. The Labute approximate surface area is 377 Å². The highest BCUT2D eigenvalue weighted by molar-refractivity contribution is 5.70. The molecule has 0 saturated carbocycles. The smallest absolute Gasteiger partial charge is 0.306 e. The SMILES string of the molecule is CCCCCCCCCCCCCCCCCCCCCC(=O)OC(COC(=O)CCCCCCCCCCCCCCCCCCC)COC(OCC[N+](C)(C)C)C(=O)[O-]. The van der Waals surface area contributed by atoms with Gasteiger partial charge in [-0.05, 0) is 12.8 Å². The first-order valence-electron chi connectivity index (χ1n) is 26.2. The molecule has 0 aromatic heterocycles. The fourth-order valence-electron chi connectivity index (χ4n) is 7.77. The average Bonchev–Trinajstić information content (AvgIpc) is 3.22. The number of carboxylic acids is 1. The predicted molar refractivity (Wildman–Crippen MR) is 251 cm³/mol. The number of hydrogen-bond acceptors (Lipinski definition) is 8. The molecule has 0 rings (SSSR count). The van der Waals surface area contributed by atoms with E-state index < -0.39 is 24.3 Å². The van der Waals surface area contributed by atoms with E-state index in [0.29, 0.717) is 17.4 Å². The lowest BCUT2D eigenvalue weighted by atomic mass is 10.0. The van der Waals surface area contributed by atoms with Crippen LogP contribution in [0.3, 0.4) is 0 Å². The molecule has 0 amide bonds. The monoisotopic (exact) mass is 868 g/mol. The summed E-state index contributed by atoms with van der Waals surface area (Å²) >= 11 is 0. The van der Waals surface area contributed by atoms with Crippen molar-refractivity contribution in [3.63, 3.8) is 0 Å². The zero-order valence-corrected chi connectivity index (χ0v) is 41.1. The third-order valence-electron chi connectivity index (χ3n) is 11.9. The van der Waals surface area contributed by atoms with Crippen LogP contribution >= 0.6 is 0 Å². The molecule has 0 saturated heterocycles. The van der Waals surface area contributed by atoms with E-state index in [2.05, 4.69) is 13.8 Å². The number of quaternary nitrogens is 1. The number of nitrogens with zero attached hydrogens (tertiary/aromatic N) is 1. The van der Waals surface area contributed by atoms with Gasteiger partial charge in [0.15, 0.2) is 12.4 Å². The van der Waals surface area contributed by atoms with Crippen molar-refractivity contribution in [2.24, 2.45) is 0 Å². The lowest BCUT2D eigenvalue weighted by molar-refractivity contribution is -0.870. The minimum absolute atomic E-state index is 0.153. The van der Waals surface area contributed by atoms with E-state index in [1.807, 2.05) is 21.1 Å². The van der Waals surface area contributed by atoms with E-state index in [1.165, 1.54) is 193 Å². The van der Waals surface area contributed by atoms with E-state index >= 15 is 0 Å². The zero-order chi connectivity index (χ0) is 44.9. The number of likely N-dealkylation sites (N-methyl/N-ethyl adjacent to an activating group) is 1. The van der Waals surface area contributed by atoms with Crippen LogP contribution in [0.2, 0.25) is 0 Å². The van der Waals surface area contributed by atoms with Crippen LogP contribution in [-0.2, 0) is 33.3 Å². The molecule has 362 valence electrons. The van der Waals surface area contributed by atoms with Crippen LogP contribution in [-0.4, -0.2) is 82.3 Å². The van der Waals surface area contributed by atoms with Gasteiger partial charge in [0.05, 0.1) is 40.3 Å². The summed E-state index contributed by atoms with van der Waals surface area (Å²) in [6.45, 7) is 4.80. The van der Waals surface area contributed by atoms with E-state index in [1.54, 1.807) is 0 Å². The molecular weight excluding hydrogens is 767 g/mol. The van der Waals surface area contributed by atoms with Gasteiger partial charge in [0.25, 0.3) is 0 Å². The molecule has 0 aromatic rings. The largest absolute Gasteiger partial charge is 0.545 e. The Morgan fingerprint density at radius 2 is 0.738 bits per heavy atom. The Balaban J connectivity index is 4.28. The number of rotatable bonds is 49. The van der Waals surface area contributed by atoms with Gasteiger partial charge in [-0.25, -0.2) is 0 Å². The molecule has 0 aliphatic rings. The summed E-state index contributed by atoms with van der Waals surface area (Å²) in [4.78, 5) is 37.1. The van der Waals surface area contributed by atoms with Crippen LogP contribution in [0.4, 0.5) is 0 Å². The first kappa shape index (κ1) is 59.3. The van der Waals surface area contributed by atoms with Gasteiger partial charge in [-0.2, -0.15) is 0 Å². The maximum Gasteiger partial charge on any atom is 0.306 e. The number of carboxylic acid groups (broad SMARTS) is 1. The van der Waals surface area contributed by atoms with E-state index in [-0.39, 0.29) is 32.2 Å². The van der Waals surface area contributed by atoms with E-state index in [9.17, 15) is 19.5 Å². The Morgan fingerprint density at radius 1 is 0.426 bits per heavy atom. The standard InChI is InChI=1S/C52H101NO8/c1-6-8-10-12-14-16-18-20-22-24-25-27-29-31-33-35-37-39-41-43-50(55)61-48(47-60-52(51(56)57)58-45-44-53(3,4)5)46-59-49(54)42-40-38-36-34-32-30-28-26-23-21-19-17-15-13-11-9-7-2/h48,52H,6-47H2,1-5H3. The van der Waals surface area contributed by atoms with Crippen molar-refractivity contribution in [3.8, 4) is 0 Å². The van der Waals surface area contributed by atoms with Gasteiger partial charge in [0.1, 0.15) is 13.2 Å².